The molecule has 0 aliphatic rings. The van der Waals surface area contributed by atoms with Gasteiger partial charge < -0.3 is 10.2 Å². The topological polar surface area (TPSA) is 86.8 Å². The second kappa shape index (κ2) is 15.1. The molecule has 0 unspecified atom stereocenters. The smallest absolute Gasteiger partial charge is 0.264 e. The summed E-state index contributed by atoms with van der Waals surface area (Å²) in [6.07, 6.45) is 1.96. The van der Waals surface area contributed by atoms with Gasteiger partial charge >= 0.3 is 0 Å². The molecule has 1 N–H and O–H groups in total. The number of anilines is 1. The Morgan fingerprint density at radius 3 is 2.12 bits per heavy atom. The summed E-state index contributed by atoms with van der Waals surface area (Å²) in [5.41, 5.74) is 0.727. The van der Waals surface area contributed by atoms with Crippen LogP contribution >= 0.6 is 46.4 Å². The summed E-state index contributed by atoms with van der Waals surface area (Å²) >= 11 is 24.8. The van der Waals surface area contributed by atoms with E-state index in [0.717, 1.165) is 17.1 Å². The summed E-state index contributed by atoms with van der Waals surface area (Å²) in [7, 11) is -4.24. The Balaban J connectivity index is 2.07. The molecule has 3 rings (SSSR count). The highest BCUT2D eigenvalue weighted by Crippen LogP contribution is 2.30. The van der Waals surface area contributed by atoms with Gasteiger partial charge in [0.1, 0.15) is 12.6 Å². The van der Waals surface area contributed by atoms with E-state index in [9.17, 15) is 18.0 Å². The molecule has 12 heteroatoms. The lowest BCUT2D eigenvalue weighted by Crippen LogP contribution is -2.52. The van der Waals surface area contributed by atoms with Gasteiger partial charge in [0, 0.05) is 23.1 Å². The van der Waals surface area contributed by atoms with Crippen LogP contribution in [0.3, 0.4) is 0 Å². The standard InChI is InChI=1S/C29H31Cl4N3O4S/c1-3-5-13-34-29(38)27(4-2)35(18-20-11-12-25(32)26(33)14-20)28(37)19-36(23-16-21(30)15-22(31)17-23)41(39,40)24-9-7-6-8-10-24/h6-12,14-17,27H,3-5,13,18-19H2,1-2H3,(H,34,38)/t27-/m0/s1. The normalized spacial score (nSPS) is 12.0. The number of rotatable bonds is 13. The average molecular weight is 659 g/mol. The van der Waals surface area contributed by atoms with Gasteiger partial charge in [-0.3, -0.25) is 13.9 Å². The molecule has 1 atom stereocenters. The molecular formula is C29H31Cl4N3O4S. The minimum absolute atomic E-state index is 0.00897. The molecule has 0 saturated heterocycles. The van der Waals surface area contributed by atoms with Crippen LogP contribution in [0.1, 0.15) is 38.7 Å². The van der Waals surface area contributed by atoms with E-state index < -0.39 is 28.5 Å². The maximum atomic E-state index is 14.1. The summed E-state index contributed by atoms with van der Waals surface area (Å²) in [5.74, 6) is -0.943. The third-order valence-corrected chi connectivity index (χ3v) is 9.26. The zero-order chi connectivity index (χ0) is 30.2. The van der Waals surface area contributed by atoms with Crippen molar-refractivity contribution in [2.45, 2.75) is 50.6 Å². The van der Waals surface area contributed by atoms with Gasteiger partial charge in [0.15, 0.2) is 0 Å². The molecule has 0 spiro atoms. The van der Waals surface area contributed by atoms with E-state index in [4.69, 9.17) is 46.4 Å². The lowest BCUT2D eigenvalue weighted by Gasteiger charge is -2.33. The van der Waals surface area contributed by atoms with Crippen LogP contribution in [0.25, 0.3) is 0 Å². The first kappa shape index (κ1) is 33.0. The molecule has 0 heterocycles. The minimum Gasteiger partial charge on any atom is -0.354 e. The number of nitrogens with one attached hydrogen (secondary N) is 1. The highest BCUT2D eigenvalue weighted by atomic mass is 35.5. The molecule has 2 amide bonds. The second-order valence-corrected chi connectivity index (χ2v) is 12.8. The number of hydrogen-bond acceptors (Lipinski definition) is 4. The Bertz CT molecular complexity index is 1450. The molecule has 0 bridgehead atoms. The number of nitrogens with zero attached hydrogens (tertiary/aromatic N) is 2. The number of hydrogen-bond donors (Lipinski definition) is 1. The fourth-order valence-electron chi connectivity index (χ4n) is 4.19. The van der Waals surface area contributed by atoms with Crippen LogP contribution in [0.4, 0.5) is 5.69 Å². The van der Waals surface area contributed by atoms with Crippen molar-refractivity contribution in [1.82, 2.24) is 10.2 Å². The number of carbonyl (C=O) groups excluding carboxylic acids is 2. The Hall–Kier alpha value is -2.49. The third-order valence-electron chi connectivity index (χ3n) is 6.30. The third kappa shape index (κ3) is 8.75. The van der Waals surface area contributed by atoms with Gasteiger partial charge in [-0.1, -0.05) is 90.9 Å². The molecule has 0 aliphatic carbocycles. The van der Waals surface area contributed by atoms with E-state index in [1.807, 2.05) is 6.92 Å². The van der Waals surface area contributed by atoms with Gasteiger partial charge in [-0.25, -0.2) is 8.42 Å². The average Bonchev–Trinajstić information content (AvgIpc) is 2.93. The zero-order valence-corrected chi connectivity index (χ0v) is 26.5. The van der Waals surface area contributed by atoms with Gasteiger partial charge in [0.2, 0.25) is 11.8 Å². The summed E-state index contributed by atoms with van der Waals surface area (Å²) in [4.78, 5) is 28.7. The van der Waals surface area contributed by atoms with Crippen LogP contribution in [0.15, 0.2) is 71.6 Å². The molecule has 0 aliphatic heterocycles. The lowest BCUT2D eigenvalue weighted by atomic mass is 10.1. The zero-order valence-electron chi connectivity index (χ0n) is 22.6. The van der Waals surface area contributed by atoms with E-state index in [1.165, 1.54) is 35.2 Å². The molecule has 0 saturated carbocycles. The van der Waals surface area contributed by atoms with Gasteiger partial charge in [-0.05, 0) is 60.9 Å². The van der Waals surface area contributed by atoms with Crippen molar-refractivity contribution in [3.05, 3.63) is 92.4 Å². The monoisotopic (exact) mass is 657 g/mol. The van der Waals surface area contributed by atoms with Crippen molar-refractivity contribution < 1.29 is 18.0 Å². The van der Waals surface area contributed by atoms with E-state index in [0.29, 0.717) is 28.6 Å². The van der Waals surface area contributed by atoms with Crippen molar-refractivity contribution in [3.63, 3.8) is 0 Å². The highest BCUT2D eigenvalue weighted by molar-refractivity contribution is 7.92. The summed E-state index contributed by atoms with van der Waals surface area (Å²) in [6, 6.07) is 16.1. The van der Waals surface area contributed by atoms with Crippen LogP contribution in [0.5, 0.6) is 0 Å². The molecule has 3 aromatic carbocycles. The fraction of sp³-hybridized carbons (Fsp3) is 0.310. The highest BCUT2D eigenvalue weighted by Gasteiger charge is 2.34. The first-order chi connectivity index (χ1) is 19.5. The maximum Gasteiger partial charge on any atom is 0.264 e. The van der Waals surface area contributed by atoms with E-state index in [2.05, 4.69) is 5.32 Å². The first-order valence-corrected chi connectivity index (χ1v) is 16.0. The van der Waals surface area contributed by atoms with Crippen LogP contribution < -0.4 is 9.62 Å². The van der Waals surface area contributed by atoms with Crippen LogP contribution in [-0.4, -0.2) is 44.3 Å². The van der Waals surface area contributed by atoms with Crippen LogP contribution in [0.2, 0.25) is 20.1 Å². The minimum atomic E-state index is -4.24. The Morgan fingerprint density at radius 2 is 1.54 bits per heavy atom. The Kier molecular flexibility index (Phi) is 12.2. The number of benzene rings is 3. The van der Waals surface area contributed by atoms with Crippen molar-refractivity contribution in [1.29, 1.82) is 0 Å². The van der Waals surface area contributed by atoms with Gasteiger partial charge in [-0.2, -0.15) is 0 Å². The van der Waals surface area contributed by atoms with Gasteiger partial charge in [-0.15, -0.1) is 0 Å². The molecule has 0 radical (unpaired) electrons. The predicted octanol–water partition coefficient (Wildman–Crippen LogP) is 7.22. The number of sulfonamides is 1. The van der Waals surface area contributed by atoms with Crippen molar-refractivity contribution in [3.8, 4) is 0 Å². The van der Waals surface area contributed by atoms with E-state index >= 15 is 0 Å². The predicted molar refractivity (Wildman–Crippen MR) is 166 cm³/mol. The Morgan fingerprint density at radius 1 is 0.878 bits per heavy atom. The largest absolute Gasteiger partial charge is 0.354 e. The molecule has 220 valence electrons. The van der Waals surface area contributed by atoms with Crippen molar-refractivity contribution in [2.24, 2.45) is 0 Å². The van der Waals surface area contributed by atoms with Gasteiger partial charge in [0.05, 0.1) is 20.6 Å². The van der Waals surface area contributed by atoms with Gasteiger partial charge in [0.25, 0.3) is 10.0 Å². The van der Waals surface area contributed by atoms with Crippen LogP contribution in [-0.2, 0) is 26.2 Å². The maximum absolute atomic E-state index is 14.1. The summed E-state index contributed by atoms with van der Waals surface area (Å²) < 4.78 is 28.7. The fourth-order valence-corrected chi connectivity index (χ4v) is 6.45. The molecule has 41 heavy (non-hydrogen) atoms. The molecule has 0 fully saturated rings. The van der Waals surface area contributed by atoms with E-state index in [-0.39, 0.29) is 33.1 Å². The number of unbranched alkanes of at least 4 members (excludes halogenated alkanes) is 1. The molecule has 0 aromatic heterocycles. The summed E-state index contributed by atoms with van der Waals surface area (Å²) in [5, 5.41) is 3.91. The molecule has 7 nitrogen and oxygen atoms in total. The summed E-state index contributed by atoms with van der Waals surface area (Å²) in [6.45, 7) is 3.62. The SMILES string of the molecule is CCCCNC(=O)[C@H](CC)N(Cc1ccc(Cl)c(Cl)c1)C(=O)CN(c1cc(Cl)cc(Cl)c1)S(=O)(=O)c1ccccc1. The van der Waals surface area contributed by atoms with Crippen LogP contribution in [0, 0.1) is 0 Å². The lowest BCUT2D eigenvalue weighted by molar-refractivity contribution is -0.140. The van der Waals surface area contributed by atoms with Crippen molar-refractivity contribution >= 4 is 73.9 Å². The quantitative estimate of drug-likeness (QED) is 0.197. The van der Waals surface area contributed by atoms with E-state index in [1.54, 1.807) is 43.3 Å². The molecular weight excluding hydrogens is 628 g/mol. The number of halogens is 4. The number of amides is 2. The second-order valence-electron chi connectivity index (χ2n) is 9.29. The molecule has 3 aromatic rings. The van der Waals surface area contributed by atoms with Crippen molar-refractivity contribution in [2.75, 3.05) is 17.4 Å². The Labute approximate surface area is 261 Å². The first-order valence-electron chi connectivity index (χ1n) is 13.0. The number of carbonyl (C=O) groups is 2.